The fourth-order valence-electron chi connectivity index (χ4n) is 6.62. The molecule has 0 saturated heterocycles. The van der Waals surface area contributed by atoms with E-state index in [9.17, 15) is 24.9 Å². The van der Waals surface area contributed by atoms with Gasteiger partial charge in [0.2, 0.25) is 0 Å². The Morgan fingerprint density at radius 1 is 0.571 bits per heavy atom. The standard InChI is InChI=1S/C42H28N2O5/c1-24-7-18-34(37(45)21-24)40-43-38-35-22-29(25-8-12-27(13-9-25)41(46)47)16-19-32(35)33-20-17-30(26-10-14-28(15-11-26)42(48)49)23-36(33)39(38)44(40)31-5-3-2-4-6-31/h2-23,45H,1H3,(H,46,47)(H,48,49). The minimum absolute atomic E-state index is 0.125. The third kappa shape index (κ3) is 5.05. The molecular formula is C42H28N2O5. The normalized spacial score (nSPS) is 11.4. The van der Waals surface area contributed by atoms with Gasteiger partial charge >= 0.3 is 11.9 Å². The van der Waals surface area contributed by atoms with Gasteiger partial charge in [0, 0.05) is 16.5 Å². The number of carboxylic acids is 2. The highest BCUT2D eigenvalue weighted by Crippen LogP contribution is 2.43. The zero-order chi connectivity index (χ0) is 33.8. The number of aryl methyl sites for hydroxylation is 1. The summed E-state index contributed by atoms with van der Waals surface area (Å²) in [7, 11) is 0. The van der Waals surface area contributed by atoms with Crippen LogP contribution in [0, 0.1) is 6.92 Å². The Bertz CT molecular complexity index is 2610. The minimum Gasteiger partial charge on any atom is -0.507 e. The summed E-state index contributed by atoms with van der Waals surface area (Å²) in [5.41, 5.74) is 8.00. The Morgan fingerprint density at radius 3 is 1.65 bits per heavy atom. The number of aromatic carboxylic acids is 2. The van der Waals surface area contributed by atoms with Gasteiger partial charge < -0.3 is 15.3 Å². The summed E-state index contributed by atoms with van der Waals surface area (Å²) in [6.45, 7) is 1.93. The molecule has 0 amide bonds. The van der Waals surface area contributed by atoms with Crippen molar-refractivity contribution >= 4 is 44.5 Å². The predicted octanol–water partition coefficient (Wildman–Crippen LogP) is 9.74. The van der Waals surface area contributed by atoms with E-state index in [1.807, 2.05) is 85.8 Å². The first-order valence-electron chi connectivity index (χ1n) is 15.7. The van der Waals surface area contributed by atoms with Crippen LogP contribution in [0.25, 0.3) is 71.9 Å². The monoisotopic (exact) mass is 640 g/mol. The van der Waals surface area contributed by atoms with E-state index < -0.39 is 11.9 Å². The number of nitrogens with zero attached hydrogens (tertiary/aromatic N) is 2. The topological polar surface area (TPSA) is 113 Å². The summed E-state index contributed by atoms with van der Waals surface area (Å²) < 4.78 is 2.09. The molecule has 0 atom stereocenters. The van der Waals surface area contributed by atoms with E-state index in [1.54, 1.807) is 30.3 Å². The van der Waals surface area contributed by atoms with Crippen LogP contribution in [0.2, 0.25) is 0 Å². The van der Waals surface area contributed by atoms with Crippen molar-refractivity contribution in [2.45, 2.75) is 6.92 Å². The number of phenolic OH excluding ortho intramolecular Hbond substituents is 1. The van der Waals surface area contributed by atoms with Gasteiger partial charge in [-0.25, -0.2) is 14.6 Å². The minimum atomic E-state index is -0.978. The number of hydrogen-bond acceptors (Lipinski definition) is 4. The number of benzene rings is 7. The fraction of sp³-hybridized carbons (Fsp3) is 0.0238. The summed E-state index contributed by atoms with van der Waals surface area (Å²) >= 11 is 0. The van der Waals surface area contributed by atoms with Crippen molar-refractivity contribution in [1.82, 2.24) is 9.55 Å². The Kier molecular flexibility index (Phi) is 6.96. The molecule has 0 radical (unpaired) electrons. The number of aromatic nitrogens is 2. The fourth-order valence-corrected chi connectivity index (χ4v) is 6.62. The van der Waals surface area contributed by atoms with Crippen LogP contribution in [0.15, 0.2) is 133 Å². The average molecular weight is 641 g/mol. The largest absolute Gasteiger partial charge is 0.507 e. The summed E-state index contributed by atoms with van der Waals surface area (Å²) in [6, 6.07) is 41.6. The maximum atomic E-state index is 11.5. The first-order valence-corrected chi connectivity index (χ1v) is 15.7. The van der Waals surface area contributed by atoms with Gasteiger partial charge in [-0.2, -0.15) is 0 Å². The van der Waals surface area contributed by atoms with Gasteiger partial charge in [0.05, 0.1) is 27.7 Å². The second-order valence-electron chi connectivity index (χ2n) is 12.1. The highest BCUT2D eigenvalue weighted by atomic mass is 16.4. The highest BCUT2D eigenvalue weighted by molar-refractivity contribution is 6.25. The van der Waals surface area contributed by atoms with Crippen LogP contribution in [0.4, 0.5) is 0 Å². The molecule has 49 heavy (non-hydrogen) atoms. The Balaban J connectivity index is 1.49. The van der Waals surface area contributed by atoms with E-state index in [2.05, 4.69) is 28.8 Å². The molecule has 7 heteroatoms. The number of para-hydroxylation sites is 1. The Labute approximate surface area is 280 Å². The zero-order valence-corrected chi connectivity index (χ0v) is 26.3. The molecule has 8 aromatic rings. The third-order valence-electron chi connectivity index (χ3n) is 9.06. The van der Waals surface area contributed by atoms with E-state index >= 15 is 0 Å². The van der Waals surface area contributed by atoms with Crippen molar-refractivity contribution in [3.63, 3.8) is 0 Å². The van der Waals surface area contributed by atoms with Gasteiger partial charge in [-0.15, -0.1) is 0 Å². The molecule has 0 spiro atoms. The smallest absolute Gasteiger partial charge is 0.335 e. The third-order valence-corrected chi connectivity index (χ3v) is 9.06. The summed E-state index contributed by atoms with van der Waals surface area (Å²) in [4.78, 5) is 28.3. The number of imidazole rings is 1. The van der Waals surface area contributed by atoms with Crippen LogP contribution >= 0.6 is 0 Å². The number of aromatic hydroxyl groups is 1. The predicted molar refractivity (Wildman–Crippen MR) is 193 cm³/mol. The molecule has 0 saturated carbocycles. The number of rotatable bonds is 6. The number of carboxylic acid groups (broad SMARTS) is 2. The first kappa shape index (κ1) is 29.7. The molecule has 0 aliphatic heterocycles. The van der Waals surface area contributed by atoms with Gasteiger partial charge in [0.1, 0.15) is 11.6 Å². The second kappa shape index (κ2) is 11.5. The maximum Gasteiger partial charge on any atom is 0.335 e. The number of phenols is 1. The van der Waals surface area contributed by atoms with Crippen LogP contribution in [0.1, 0.15) is 26.3 Å². The molecule has 7 nitrogen and oxygen atoms in total. The van der Waals surface area contributed by atoms with Crippen LogP contribution in [-0.4, -0.2) is 36.8 Å². The molecule has 236 valence electrons. The molecule has 1 heterocycles. The lowest BCUT2D eigenvalue weighted by molar-refractivity contribution is 0.0686. The maximum absolute atomic E-state index is 11.5. The van der Waals surface area contributed by atoms with E-state index in [4.69, 9.17) is 4.98 Å². The first-order chi connectivity index (χ1) is 23.8. The molecule has 0 bridgehead atoms. The van der Waals surface area contributed by atoms with Crippen molar-refractivity contribution < 1.29 is 24.9 Å². The molecule has 8 rings (SSSR count). The molecular weight excluding hydrogens is 612 g/mol. The van der Waals surface area contributed by atoms with E-state index in [1.165, 1.54) is 0 Å². The van der Waals surface area contributed by atoms with E-state index in [0.29, 0.717) is 11.4 Å². The zero-order valence-electron chi connectivity index (χ0n) is 26.3. The number of fused-ring (bicyclic) bond motifs is 6. The summed E-state index contributed by atoms with van der Waals surface area (Å²) in [5, 5.41) is 34.0. The molecule has 0 aliphatic carbocycles. The van der Waals surface area contributed by atoms with Crippen molar-refractivity contribution in [3.8, 4) is 45.1 Å². The second-order valence-corrected chi connectivity index (χ2v) is 12.1. The van der Waals surface area contributed by atoms with Crippen LogP contribution < -0.4 is 0 Å². The van der Waals surface area contributed by atoms with Gasteiger partial charge in [-0.05, 0) is 106 Å². The molecule has 0 aliphatic rings. The molecule has 7 aromatic carbocycles. The van der Waals surface area contributed by atoms with Crippen LogP contribution in [0.3, 0.4) is 0 Å². The summed E-state index contributed by atoms with van der Waals surface area (Å²) in [5.74, 6) is -1.25. The van der Waals surface area contributed by atoms with Crippen molar-refractivity contribution in [3.05, 3.63) is 150 Å². The van der Waals surface area contributed by atoms with Crippen LogP contribution in [-0.2, 0) is 0 Å². The molecule has 0 fully saturated rings. The highest BCUT2D eigenvalue weighted by Gasteiger charge is 2.23. The lowest BCUT2D eigenvalue weighted by Crippen LogP contribution is -1.98. The summed E-state index contributed by atoms with van der Waals surface area (Å²) in [6.07, 6.45) is 0. The Morgan fingerprint density at radius 2 is 1.10 bits per heavy atom. The number of carbonyl (C=O) groups is 2. The lowest BCUT2D eigenvalue weighted by atomic mass is 9.93. The van der Waals surface area contributed by atoms with Gasteiger partial charge in [0.15, 0.2) is 0 Å². The van der Waals surface area contributed by atoms with Crippen LogP contribution in [0.5, 0.6) is 5.75 Å². The quantitative estimate of drug-likeness (QED) is 0.156. The van der Waals surface area contributed by atoms with Gasteiger partial charge in [0.25, 0.3) is 0 Å². The van der Waals surface area contributed by atoms with Crippen molar-refractivity contribution in [1.29, 1.82) is 0 Å². The SMILES string of the molecule is Cc1ccc(-c2nc3c4cc(-c5ccc(C(=O)O)cc5)ccc4c4ccc(-c5ccc(C(=O)O)cc5)cc4c3n2-c2ccccc2)c(O)c1. The van der Waals surface area contributed by atoms with Crippen molar-refractivity contribution in [2.75, 3.05) is 0 Å². The molecule has 3 N–H and O–H groups in total. The number of hydrogen-bond donors (Lipinski definition) is 3. The van der Waals surface area contributed by atoms with Gasteiger partial charge in [-0.1, -0.05) is 72.8 Å². The van der Waals surface area contributed by atoms with E-state index in [-0.39, 0.29) is 16.9 Å². The molecule has 0 unspecified atom stereocenters. The molecule has 1 aromatic heterocycles. The van der Waals surface area contributed by atoms with Gasteiger partial charge in [-0.3, -0.25) is 4.57 Å². The Hall–Kier alpha value is -6.73. The lowest BCUT2D eigenvalue weighted by Gasteiger charge is -2.15. The van der Waals surface area contributed by atoms with Crippen molar-refractivity contribution in [2.24, 2.45) is 0 Å². The van der Waals surface area contributed by atoms with E-state index in [0.717, 1.165) is 66.1 Å². The average Bonchev–Trinajstić information content (AvgIpc) is 3.52.